The molecule has 2 aromatic rings. The number of aliphatic hydroxyl groups excluding tert-OH is 1. The van der Waals surface area contributed by atoms with Crippen LogP contribution in [0, 0.1) is 0 Å². The van der Waals surface area contributed by atoms with Crippen LogP contribution in [-0.2, 0) is 17.6 Å². The maximum Gasteiger partial charge on any atom is 0.251 e. The lowest BCUT2D eigenvalue weighted by atomic mass is 10.0. The Balaban J connectivity index is 1.64. The van der Waals surface area contributed by atoms with E-state index in [4.69, 9.17) is 0 Å². The van der Waals surface area contributed by atoms with Crippen LogP contribution in [0.3, 0.4) is 0 Å². The number of carbonyl (C=O) groups excluding carboxylic acids is 1. The lowest BCUT2D eigenvalue weighted by Gasteiger charge is -2.35. The van der Waals surface area contributed by atoms with Crippen molar-refractivity contribution in [2.75, 3.05) is 13.1 Å². The molecule has 1 saturated heterocycles. The summed E-state index contributed by atoms with van der Waals surface area (Å²) in [5.74, 6) is 0.890. The zero-order valence-electron chi connectivity index (χ0n) is 14.1. The Morgan fingerprint density at radius 2 is 2.17 bits per heavy atom. The third-order valence-corrected chi connectivity index (χ3v) is 4.72. The lowest BCUT2D eigenvalue weighted by molar-refractivity contribution is -0.141. The Labute approximate surface area is 142 Å². The van der Waals surface area contributed by atoms with Gasteiger partial charge in [0.05, 0.1) is 6.04 Å². The maximum atomic E-state index is 12.6. The van der Waals surface area contributed by atoms with Gasteiger partial charge in [-0.3, -0.25) is 4.79 Å². The Morgan fingerprint density at radius 3 is 2.92 bits per heavy atom. The van der Waals surface area contributed by atoms with E-state index in [-0.39, 0.29) is 11.9 Å². The van der Waals surface area contributed by atoms with Crippen LogP contribution in [-0.4, -0.2) is 44.7 Å². The molecule has 1 aliphatic heterocycles. The topological polar surface area (TPSA) is 58.4 Å². The molecule has 1 aromatic heterocycles. The number of hydrogen-bond acceptors (Lipinski definition) is 3. The number of carbonyl (C=O) groups is 1. The van der Waals surface area contributed by atoms with Gasteiger partial charge in [0.15, 0.2) is 0 Å². The summed E-state index contributed by atoms with van der Waals surface area (Å²) >= 11 is 0. The number of benzene rings is 1. The predicted octanol–water partition coefficient (Wildman–Crippen LogP) is 2.21. The van der Waals surface area contributed by atoms with Gasteiger partial charge in [-0.25, -0.2) is 4.98 Å². The molecule has 128 valence electrons. The number of nitrogens with zero attached hydrogens (tertiary/aromatic N) is 3. The first kappa shape index (κ1) is 16.7. The number of amides is 1. The minimum Gasteiger partial charge on any atom is -0.383 e. The van der Waals surface area contributed by atoms with Crippen molar-refractivity contribution in [2.45, 2.75) is 44.8 Å². The standard InChI is InChI=1S/C19H25N3O2/c1-2-18-20-10-12-22(18)16-9-6-11-21(14-16)19(24)17(23)13-15-7-4-3-5-8-15/h3-5,7-8,10,12,16-17,23H,2,6,9,11,13-14H2,1H3/t16-,17+/m1/s1. The van der Waals surface area contributed by atoms with Crippen LogP contribution < -0.4 is 0 Å². The molecule has 2 atom stereocenters. The van der Waals surface area contributed by atoms with E-state index in [1.807, 2.05) is 42.7 Å². The Morgan fingerprint density at radius 1 is 1.38 bits per heavy atom. The van der Waals surface area contributed by atoms with Gasteiger partial charge in [0.1, 0.15) is 11.9 Å². The van der Waals surface area contributed by atoms with Crippen LogP contribution in [0.2, 0.25) is 0 Å². The van der Waals surface area contributed by atoms with Crippen LogP contribution >= 0.6 is 0 Å². The smallest absolute Gasteiger partial charge is 0.251 e. The summed E-state index contributed by atoms with van der Waals surface area (Å²) in [5.41, 5.74) is 0.981. The number of rotatable bonds is 5. The molecule has 1 fully saturated rings. The highest BCUT2D eigenvalue weighted by atomic mass is 16.3. The molecule has 24 heavy (non-hydrogen) atoms. The predicted molar refractivity (Wildman–Crippen MR) is 92.6 cm³/mol. The second-order valence-corrected chi connectivity index (χ2v) is 6.39. The molecule has 0 radical (unpaired) electrons. The van der Waals surface area contributed by atoms with Crippen LogP contribution in [0.15, 0.2) is 42.7 Å². The van der Waals surface area contributed by atoms with E-state index in [9.17, 15) is 9.90 Å². The zero-order chi connectivity index (χ0) is 16.9. The van der Waals surface area contributed by atoms with Gasteiger partial charge < -0.3 is 14.6 Å². The molecule has 1 aliphatic rings. The van der Waals surface area contributed by atoms with Crippen LogP contribution in [0.25, 0.3) is 0 Å². The highest BCUT2D eigenvalue weighted by Gasteiger charge is 2.29. The van der Waals surface area contributed by atoms with Crippen LogP contribution in [0.4, 0.5) is 0 Å². The summed E-state index contributed by atoms with van der Waals surface area (Å²) in [6.45, 7) is 3.46. The van der Waals surface area contributed by atoms with Crippen molar-refractivity contribution in [3.8, 4) is 0 Å². The molecule has 5 nitrogen and oxygen atoms in total. The SMILES string of the molecule is CCc1nccn1[C@@H]1CCCN(C(=O)[C@@H](O)Cc2ccccc2)C1. The largest absolute Gasteiger partial charge is 0.383 e. The Hall–Kier alpha value is -2.14. The highest BCUT2D eigenvalue weighted by Crippen LogP contribution is 2.23. The van der Waals surface area contributed by atoms with E-state index in [0.29, 0.717) is 13.0 Å². The second kappa shape index (κ2) is 7.62. The summed E-state index contributed by atoms with van der Waals surface area (Å²) in [6, 6.07) is 9.92. The molecule has 0 unspecified atom stereocenters. The monoisotopic (exact) mass is 327 g/mol. The van der Waals surface area contributed by atoms with Crippen molar-refractivity contribution in [1.82, 2.24) is 14.5 Å². The first-order valence-electron chi connectivity index (χ1n) is 8.71. The normalized spacial score (nSPS) is 19.2. The minimum atomic E-state index is -0.973. The molecule has 0 saturated carbocycles. The maximum absolute atomic E-state index is 12.6. The van der Waals surface area contributed by atoms with Crippen molar-refractivity contribution in [1.29, 1.82) is 0 Å². The molecule has 5 heteroatoms. The minimum absolute atomic E-state index is 0.165. The fraction of sp³-hybridized carbons (Fsp3) is 0.474. The second-order valence-electron chi connectivity index (χ2n) is 6.39. The number of aliphatic hydroxyl groups is 1. The van der Waals surface area contributed by atoms with E-state index < -0.39 is 6.10 Å². The number of likely N-dealkylation sites (tertiary alicyclic amines) is 1. The first-order chi connectivity index (χ1) is 11.7. The van der Waals surface area contributed by atoms with E-state index in [0.717, 1.165) is 37.2 Å². The molecule has 0 bridgehead atoms. The van der Waals surface area contributed by atoms with Gasteiger partial charge in [0.2, 0.25) is 0 Å². The molecule has 0 spiro atoms. The van der Waals surface area contributed by atoms with Gasteiger partial charge in [0, 0.05) is 38.3 Å². The molecule has 2 heterocycles. The van der Waals surface area contributed by atoms with Gasteiger partial charge in [-0.2, -0.15) is 0 Å². The Bertz CT molecular complexity index is 668. The summed E-state index contributed by atoms with van der Waals surface area (Å²) in [6.07, 6.45) is 6.10. The van der Waals surface area contributed by atoms with Crippen LogP contribution in [0.1, 0.15) is 37.2 Å². The number of imidazole rings is 1. The van der Waals surface area contributed by atoms with Gasteiger partial charge in [-0.15, -0.1) is 0 Å². The molecular formula is C19H25N3O2. The van der Waals surface area contributed by atoms with Crippen molar-refractivity contribution < 1.29 is 9.90 Å². The number of aryl methyl sites for hydroxylation is 1. The fourth-order valence-electron chi connectivity index (χ4n) is 3.47. The van der Waals surface area contributed by atoms with Crippen molar-refractivity contribution >= 4 is 5.91 Å². The highest BCUT2D eigenvalue weighted by molar-refractivity contribution is 5.81. The average Bonchev–Trinajstić information content (AvgIpc) is 3.11. The number of piperidine rings is 1. The zero-order valence-corrected chi connectivity index (χ0v) is 14.1. The van der Waals surface area contributed by atoms with E-state index in [1.54, 1.807) is 4.90 Å². The molecule has 3 rings (SSSR count). The molecular weight excluding hydrogens is 302 g/mol. The summed E-state index contributed by atoms with van der Waals surface area (Å²) in [4.78, 5) is 18.8. The lowest BCUT2D eigenvalue weighted by Crippen LogP contribution is -2.46. The third kappa shape index (κ3) is 3.67. The number of hydrogen-bond donors (Lipinski definition) is 1. The van der Waals surface area contributed by atoms with E-state index in [1.165, 1.54) is 0 Å². The molecule has 1 aromatic carbocycles. The van der Waals surface area contributed by atoms with E-state index >= 15 is 0 Å². The van der Waals surface area contributed by atoms with E-state index in [2.05, 4.69) is 16.5 Å². The molecule has 1 amide bonds. The van der Waals surface area contributed by atoms with Gasteiger partial charge >= 0.3 is 0 Å². The first-order valence-corrected chi connectivity index (χ1v) is 8.71. The average molecular weight is 327 g/mol. The van der Waals surface area contributed by atoms with Crippen molar-refractivity contribution in [3.63, 3.8) is 0 Å². The summed E-state index contributed by atoms with van der Waals surface area (Å²) in [7, 11) is 0. The van der Waals surface area contributed by atoms with Crippen molar-refractivity contribution in [3.05, 3.63) is 54.1 Å². The van der Waals surface area contributed by atoms with Crippen LogP contribution in [0.5, 0.6) is 0 Å². The van der Waals surface area contributed by atoms with Gasteiger partial charge in [0.25, 0.3) is 5.91 Å². The number of aromatic nitrogens is 2. The van der Waals surface area contributed by atoms with Crippen molar-refractivity contribution in [2.24, 2.45) is 0 Å². The van der Waals surface area contributed by atoms with Gasteiger partial charge in [-0.05, 0) is 18.4 Å². The summed E-state index contributed by atoms with van der Waals surface area (Å²) in [5, 5.41) is 10.3. The quantitative estimate of drug-likeness (QED) is 0.916. The fourth-order valence-corrected chi connectivity index (χ4v) is 3.47. The third-order valence-electron chi connectivity index (χ3n) is 4.72. The summed E-state index contributed by atoms with van der Waals surface area (Å²) < 4.78 is 2.18. The van der Waals surface area contributed by atoms with Gasteiger partial charge in [-0.1, -0.05) is 37.3 Å². The molecule has 0 aliphatic carbocycles. The molecule has 1 N–H and O–H groups in total. The Kier molecular flexibility index (Phi) is 5.30.